The number of carbonyl (C=O) groups excluding carboxylic acids is 1. The summed E-state index contributed by atoms with van der Waals surface area (Å²) >= 11 is 0. The fourth-order valence-corrected chi connectivity index (χ4v) is 1.75. The first-order valence-corrected chi connectivity index (χ1v) is 5.89. The molecule has 1 rings (SSSR count). The predicted octanol–water partition coefficient (Wildman–Crippen LogP) is 1.45. The van der Waals surface area contributed by atoms with Crippen LogP contribution in [-0.2, 0) is 9.63 Å². The van der Waals surface area contributed by atoms with Crippen LogP contribution in [0.1, 0.15) is 17.9 Å². The van der Waals surface area contributed by atoms with E-state index in [2.05, 4.69) is 5.32 Å². The maximum Gasteiger partial charge on any atom is 0.404 e. The summed E-state index contributed by atoms with van der Waals surface area (Å²) in [4.78, 5) is 27.5. The van der Waals surface area contributed by atoms with Crippen LogP contribution in [0.25, 0.3) is 0 Å². The zero-order valence-electron chi connectivity index (χ0n) is 11.0. The van der Waals surface area contributed by atoms with Crippen LogP contribution in [0.15, 0.2) is 30.3 Å². The highest BCUT2D eigenvalue weighted by molar-refractivity contribution is 5.82. The minimum absolute atomic E-state index is 0.207. The summed E-state index contributed by atoms with van der Waals surface area (Å²) in [6, 6.07) is 9.22. The smallest absolute Gasteiger partial charge is 0.404 e. The van der Waals surface area contributed by atoms with E-state index in [9.17, 15) is 9.59 Å². The van der Waals surface area contributed by atoms with Gasteiger partial charge in [0.05, 0.1) is 13.0 Å². The second kappa shape index (κ2) is 7.38. The van der Waals surface area contributed by atoms with Crippen LogP contribution in [-0.4, -0.2) is 42.9 Å². The molecule has 0 saturated heterocycles. The van der Waals surface area contributed by atoms with E-state index >= 15 is 0 Å². The van der Waals surface area contributed by atoms with Crippen LogP contribution in [0.4, 0.5) is 4.79 Å². The average Bonchev–Trinajstić information content (AvgIpc) is 2.42. The van der Waals surface area contributed by atoms with E-state index < -0.39 is 12.0 Å². The molecule has 0 aliphatic carbocycles. The lowest BCUT2D eigenvalue weighted by molar-refractivity contribution is -0.170. The number of carbonyl (C=O) groups is 2. The Hall–Kier alpha value is -2.08. The molecular weight excluding hydrogens is 248 g/mol. The monoisotopic (exact) mass is 266 g/mol. The van der Waals surface area contributed by atoms with E-state index in [0.29, 0.717) is 6.42 Å². The second-order valence-electron chi connectivity index (χ2n) is 4.00. The van der Waals surface area contributed by atoms with Gasteiger partial charge < -0.3 is 10.4 Å². The van der Waals surface area contributed by atoms with Crippen molar-refractivity contribution in [3.05, 3.63) is 35.9 Å². The molecule has 0 aromatic heterocycles. The maximum absolute atomic E-state index is 12.2. The minimum Gasteiger partial charge on any atom is -0.465 e. The first-order valence-electron chi connectivity index (χ1n) is 5.89. The summed E-state index contributed by atoms with van der Waals surface area (Å²) in [5, 5.41) is 12.0. The number of rotatable bonds is 6. The van der Waals surface area contributed by atoms with Crippen LogP contribution in [0, 0.1) is 0 Å². The molecule has 0 bridgehead atoms. The van der Waals surface area contributed by atoms with Crippen molar-refractivity contribution in [3.63, 3.8) is 0 Å². The van der Waals surface area contributed by atoms with Gasteiger partial charge >= 0.3 is 6.09 Å². The summed E-state index contributed by atoms with van der Waals surface area (Å²) in [6.07, 6.45) is -0.720. The van der Waals surface area contributed by atoms with Crippen molar-refractivity contribution in [2.45, 2.75) is 12.3 Å². The molecule has 1 aromatic carbocycles. The van der Waals surface area contributed by atoms with Gasteiger partial charge in [0, 0.05) is 13.6 Å². The Balaban J connectivity index is 2.79. The van der Waals surface area contributed by atoms with Crippen molar-refractivity contribution in [3.8, 4) is 0 Å². The Morgan fingerprint density at radius 3 is 2.53 bits per heavy atom. The molecule has 104 valence electrons. The van der Waals surface area contributed by atoms with Gasteiger partial charge in [0.2, 0.25) is 0 Å². The Morgan fingerprint density at radius 1 is 1.37 bits per heavy atom. The number of nitrogens with one attached hydrogen (secondary N) is 1. The number of benzene rings is 1. The summed E-state index contributed by atoms with van der Waals surface area (Å²) in [7, 11) is 2.94. The van der Waals surface area contributed by atoms with Gasteiger partial charge in [-0.3, -0.25) is 9.63 Å². The average molecular weight is 266 g/mol. The van der Waals surface area contributed by atoms with E-state index in [1.54, 1.807) is 0 Å². The fourth-order valence-electron chi connectivity index (χ4n) is 1.75. The summed E-state index contributed by atoms with van der Waals surface area (Å²) in [6.45, 7) is 0.207. The number of hydroxylamine groups is 2. The molecule has 0 aliphatic rings. The molecule has 6 heteroatoms. The molecule has 0 heterocycles. The van der Waals surface area contributed by atoms with Crippen LogP contribution in [0.2, 0.25) is 0 Å². The minimum atomic E-state index is -1.10. The van der Waals surface area contributed by atoms with Gasteiger partial charge in [0.15, 0.2) is 0 Å². The molecule has 1 atom stereocenters. The van der Waals surface area contributed by atoms with E-state index in [0.717, 1.165) is 10.6 Å². The molecule has 2 N–H and O–H groups in total. The Bertz CT molecular complexity index is 422. The third kappa shape index (κ3) is 4.59. The zero-order chi connectivity index (χ0) is 14.3. The number of amides is 2. The number of likely N-dealkylation sites (N-methyl/N-ethyl adjacent to an activating group) is 1. The SMILES string of the molecule is CON(C)C(=O)C(CCNC(=O)O)c1ccccc1. The summed E-state index contributed by atoms with van der Waals surface area (Å²) in [5.74, 6) is -0.640. The Labute approximate surface area is 111 Å². The van der Waals surface area contributed by atoms with Crippen LogP contribution < -0.4 is 5.32 Å². The summed E-state index contributed by atoms with van der Waals surface area (Å²) in [5.41, 5.74) is 0.837. The molecule has 0 fully saturated rings. The molecule has 6 nitrogen and oxygen atoms in total. The van der Waals surface area contributed by atoms with Crippen molar-refractivity contribution >= 4 is 12.0 Å². The largest absolute Gasteiger partial charge is 0.465 e. The van der Waals surface area contributed by atoms with Crippen molar-refractivity contribution in [2.75, 3.05) is 20.7 Å². The lowest BCUT2D eigenvalue weighted by atomic mass is 9.95. The first-order chi connectivity index (χ1) is 9.06. The van der Waals surface area contributed by atoms with E-state index in [1.807, 2.05) is 30.3 Å². The topological polar surface area (TPSA) is 78.9 Å². The zero-order valence-corrected chi connectivity index (χ0v) is 11.0. The van der Waals surface area contributed by atoms with Gasteiger partial charge in [-0.15, -0.1) is 0 Å². The van der Waals surface area contributed by atoms with Crippen molar-refractivity contribution in [1.29, 1.82) is 0 Å². The van der Waals surface area contributed by atoms with Crippen LogP contribution >= 0.6 is 0 Å². The lowest BCUT2D eigenvalue weighted by Crippen LogP contribution is -2.33. The standard InChI is InChI=1S/C13H18N2O4/c1-15(19-2)12(16)11(8-9-14-13(17)18)10-6-4-3-5-7-10/h3-7,11,14H,8-9H2,1-2H3,(H,17,18). The van der Waals surface area contributed by atoms with Crippen molar-refractivity contribution < 1.29 is 19.5 Å². The van der Waals surface area contributed by atoms with Gasteiger partial charge in [-0.2, -0.15) is 0 Å². The van der Waals surface area contributed by atoms with Crippen molar-refractivity contribution in [2.24, 2.45) is 0 Å². The normalized spacial score (nSPS) is 11.7. The number of hydrogen-bond acceptors (Lipinski definition) is 3. The van der Waals surface area contributed by atoms with E-state index in [4.69, 9.17) is 9.94 Å². The third-order valence-electron chi connectivity index (χ3n) is 2.79. The molecule has 0 radical (unpaired) electrons. The predicted molar refractivity (Wildman–Crippen MR) is 69.6 cm³/mol. The molecule has 2 amide bonds. The Kier molecular flexibility index (Phi) is 5.81. The van der Waals surface area contributed by atoms with E-state index in [-0.39, 0.29) is 12.5 Å². The van der Waals surface area contributed by atoms with Gasteiger partial charge in [0.25, 0.3) is 5.91 Å². The van der Waals surface area contributed by atoms with E-state index in [1.165, 1.54) is 14.2 Å². The highest BCUT2D eigenvalue weighted by Gasteiger charge is 2.23. The first kappa shape index (κ1) is 15.0. The van der Waals surface area contributed by atoms with Crippen LogP contribution in [0.5, 0.6) is 0 Å². The molecule has 0 aliphatic heterocycles. The molecule has 0 spiro atoms. The molecule has 1 aromatic rings. The number of carboxylic acid groups (broad SMARTS) is 1. The highest BCUT2D eigenvalue weighted by Crippen LogP contribution is 2.21. The third-order valence-corrected chi connectivity index (χ3v) is 2.79. The molecular formula is C13H18N2O4. The molecule has 19 heavy (non-hydrogen) atoms. The quantitative estimate of drug-likeness (QED) is 0.764. The Morgan fingerprint density at radius 2 is 2.00 bits per heavy atom. The van der Waals surface area contributed by atoms with Crippen molar-refractivity contribution in [1.82, 2.24) is 10.4 Å². The summed E-state index contributed by atoms with van der Waals surface area (Å²) < 4.78 is 0. The van der Waals surface area contributed by atoms with Gasteiger partial charge in [-0.25, -0.2) is 9.86 Å². The number of nitrogens with zero attached hydrogens (tertiary/aromatic N) is 1. The van der Waals surface area contributed by atoms with Gasteiger partial charge in [-0.1, -0.05) is 30.3 Å². The van der Waals surface area contributed by atoms with Gasteiger partial charge in [0.1, 0.15) is 0 Å². The fraction of sp³-hybridized carbons (Fsp3) is 0.385. The van der Waals surface area contributed by atoms with Crippen LogP contribution in [0.3, 0.4) is 0 Å². The highest BCUT2D eigenvalue weighted by atomic mass is 16.7. The number of hydrogen-bond donors (Lipinski definition) is 2. The molecule has 1 unspecified atom stereocenters. The molecule has 0 saturated carbocycles. The lowest BCUT2D eigenvalue weighted by Gasteiger charge is -2.22. The second-order valence-corrected chi connectivity index (χ2v) is 4.00. The van der Waals surface area contributed by atoms with Gasteiger partial charge in [-0.05, 0) is 12.0 Å². The maximum atomic E-state index is 12.2.